The lowest BCUT2D eigenvalue weighted by Crippen LogP contribution is -2.40. The average Bonchev–Trinajstić information content (AvgIpc) is 3.01. The third-order valence-electron chi connectivity index (χ3n) is 5.59. The number of nitrogens with zero attached hydrogens (tertiary/aromatic N) is 1. The van der Waals surface area contributed by atoms with Gasteiger partial charge in [-0.15, -0.1) is 0 Å². The van der Waals surface area contributed by atoms with Crippen LogP contribution in [-0.2, 0) is 23.4 Å². The lowest BCUT2D eigenvalue weighted by atomic mass is 9.84. The van der Waals surface area contributed by atoms with E-state index in [2.05, 4.69) is 10.1 Å². The SMILES string of the molecule is CC(C)OC(=O)[C@H](C)N[P@](=O)(OC[C@H]1O[C@@H](n2ccc(=O)[nH]c2=O)C(C)(C)[C@@H]1O)Oc1ccccc1. The van der Waals surface area contributed by atoms with E-state index in [1.807, 2.05) is 0 Å². The van der Waals surface area contributed by atoms with E-state index in [0.29, 0.717) is 0 Å². The Bertz CT molecular complexity index is 1210. The second-order valence-corrected chi connectivity index (χ2v) is 11.0. The number of aromatic amines is 1. The maximum Gasteiger partial charge on any atom is 0.459 e. The van der Waals surface area contributed by atoms with Gasteiger partial charge >= 0.3 is 19.4 Å². The topological polar surface area (TPSA) is 158 Å². The van der Waals surface area contributed by atoms with Crippen molar-refractivity contribution in [1.29, 1.82) is 0 Å². The largest absolute Gasteiger partial charge is 0.462 e. The van der Waals surface area contributed by atoms with Crippen LogP contribution in [0.4, 0.5) is 0 Å². The number of hydrogen-bond acceptors (Lipinski definition) is 9. The second kappa shape index (κ2) is 11.1. The van der Waals surface area contributed by atoms with E-state index in [0.717, 1.165) is 4.57 Å². The van der Waals surface area contributed by atoms with Gasteiger partial charge in [0.2, 0.25) is 0 Å². The zero-order chi connectivity index (χ0) is 26.7. The van der Waals surface area contributed by atoms with Gasteiger partial charge in [0, 0.05) is 17.7 Å². The van der Waals surface area contributed by atoms with Crippen molar-refractivity contribution in [3.63, 3.8) is 0 Å². The van der Waals surface area contributed by atoms with Crippen molar-refractivity contribution in [3.05, 3.63) is 63.4 Å². The fraction of sp³-hybridized carbons (Fsp3) is 0.522. The summed E-state index contributed by atoms with van der Waals surface area (Å²) < 4.78 is 37.1. The van der Waals surface area contributed by atoms with E-state index in [1.165, 1.54) is 19.2 Å². The molecule has 1 aliphatic heterocycles. The molecule has 1 fully saturated rings. The number of carbonyl (C=O) groups excluding carboxylic acids is 1. The minimum absolute atomic E-state index is 0.226. The molecule has 3 rings (SSSR count). The van der Waals surface area contributed by atoms with Crippen LogP contribution in [0, 0.1) is 5.41 Å². The maximum atomic E-state index is 13.7. The highest BCUT2D eigenvalue weighted by molar-refractivity contribution is 7.52. The van der Waals surface area contributed by atoms with Crippen LogP contribution in [0.25, 0.3) is 0 Å². The third kappa shape index (κ3) is 6.51. The standard InChI is InChI=1S/C23H32N3O9P/c1-14(2)33-20(29)15(3)25-36(31,35-16-9-7-6-8-10-16)32-13-17-19(28)23(4,5)21(34-17)26-12-11-18(27)24-22(26)30/h6-12,14-15,17,19,21,28H,13H2,1-5H3,(H,25,31)(H,24,27,30)/t15-,17+,19+,21+,36-/m0/s1. The maximum absolute atomic E-state index is 13.7. The van der Waals surface area contributed by atoms with Crippen molar-refractivity contribution < 1.29 is 33.0 Å². The molecule has 1 saturated heterocycles. The van der Waals surface area contributed by atoms with E-state index in [-0.39, 0.29) is 11.9 Å². The summed E-state index contributed by atoms with van der Waals surface area (Å²) in [6, 6.07) is 8.36. The van der Waals surface area contributed by atoms with Gasteiger partial charge in [-0.1, -0.05) is 32.0 Å². The normalized spacial score (nSPS) is 23.7. The molecule has 0 unspecified atom stereocenters. The van der Waals surface area contributed by atoms with Crippen LogP contribution in [-0.4, -0.2) is 51.6 Å². The van der Waals surface area contributed by atoms with Gasteiger partial charge < -0.3 is 19.1 Å². The van der Waals surface area contributed by atoms with Gasteiger partial charge in [0.1, 0.15) is 24.1 Å². The highest BCUT2D eigenvalue weighted by Crippen LogP contribution is 2.48. The number of hydrogen-bond donors (Lipinski definition) is 3. The number of para-hydroxylation sites is 1. The second-order valence-electron chi connectivity index (χ2n) is 9.34. The number of aliphatic hydroxyl groups excluding tert-OH is 1. The summed E-state index contributed by atoms with van der Waals surface area (Å²) in [5, 5.41) is 13.5. The summed E-state index contributed by atoms with van der Waals surface area (Å²) >= 11 is 0. The van der Waals surface area contributed by atoms with E-state index in [4.69, 9.17) is 18.5 Å². The summed E-state index contributed by atoms with van der Waals surface area (Å²) in [5.74, 6) is -0.426. The Labute approximate surface area is 208 Å². The lowest BCUT2D eigenvalue weighted by Gasteiger charge is -2.29. The number of benzene rings is 1. The molecule has 0 amide bonds. The Morgan fingerprint density at radius 1 is 1.22 bits per heavy atom. The summed E-state index contributed by atoms with van der Waals surface area (Å²) in [6.07, 6.45) is -2.22. The molecule has 0 spiro atoms. The molecular formula is C23H32N3O9P. The number of aromatic nitrogens is 2. The molecule has 0 aliphatic carbocycles. The summed E-state index contributed by atoms with van der Waals surface area (Å²) in [4.78, 5) is 38.2. The molecule has 0 bridgehead atoms. The van der Waals surface area contributed by atoms with Gasteiger partial charge in [-0.3, -0.25) is 23.7 Å². The molecule has 198 valence electrons. The van der Waals surface area contributed by atoms with Crippen LogP contribution in [0.5, 0.6) is 5.75 Å². The van der Waals surface area contributed by atoms with E-state index >= 15 is 0 Å². The fourth-order valence-corrected chi connectivity index (χ4v) is 5.22. The molecule has 0 saturated carbocycles. The predicted molar refractivity (Wildman–Crippen MR) is 129 cm³/mol. The molecule has 1 aromatic heterocycles. The summed E-state index contributed by atoms with van der Waals surface area (Å²) in [6.45, 7) is 7.79. The first-order valence-corrected chi connectivity index (χ1v) is 13.0. The first-order chi connectivity index (χ1) is 16.8. The van der Waals surface area contributed by atoms with E-state index in [9.17, 15) is 24.1 Å². The Morgan fingerprint density at radius 3 is 2.50 bits per heavy atom. The van der Waals surface area contributed by atoms with Crippen LogP contribution >= 0.6 is 7.75 Å². The molecule has 1 aromatic carbocycles. The van der Waals surface area contributed by atoms with E-state index < -0.39 is 61.5 Å². The molecule has 36 heavy (non-hydrogen) atoms. The van der Waals surface area contributed by atoms with Gasteiger partial charge in [0.25, 0.3) is 5.56 Å². The lowest BCUT2D eigenvalue weighted by molar-refractivity contribution is -0.149. The van der Waals surface area contributed by atoms with Crippen molar-refractivity contribution in [2.75, 3.05) is 6.61 Å². The Balaban J connectivity index is 1.80. The van der Waals surface area contributed by atoms with Crippen LogP contribution in [0.3, 0.4) is 0 Å². The number of H-pyrrole nitrogens is 1. The zero-order valence-electron chi connectivity index (χ0n) is 20.7. The number of nitrogens with one attached hydrogen (secondary N) is 2. The van der Waals surface area contributed by atoms with E-state index in [1.54, 1.807) is 58.0 Å². The Morgan fingerprint density at radius 2 is 1.89 bits per heavy atom. The van der Waals surface area contributed by atoms with Crippen molar-refractivity contribution in [1.82, 2.24) is 14.6 Å². The highest BCUT2D eigenvalue weighted by atomic mass is 31.2. The van der Waals surface area contributed by atoms with Crippen LogP contribution in [0.1, 0.15) is 40.8 Å². The molecule has 2 aromatic rings. The van der Waals surface area contributed by atoms with Crippen molar-refractivity contribution in [2.45, 2.75) is 65.2 Å². The van der Waals surface area contributed by atoms with Crippen LogP contribution < -0.4 is 20.9 Å². The van der Waals surface area contributed by atoms with Gasteiger partial charge in [-0.2, -0.15) is 5.09 Å². The molecule has 0 radical (unpaired) electrons. The number of esters is 1. The monoisotopic (exact) mass is 525 g/mol. The highest BCUT2D eigenvalue weighted by Gasteiger charge is 2.52. The molecule has 13 heteroatoms. The van der Waals surface area contributed by atoms with Crippen LogP contribution in [0.2, 0.25) is 0 Å². The quantitative estimate of drug-likeness (QED) is 0.309. The molecule has 12 nitrogen and oxygen atoms in total. The fourth-order valence-electron chi connectivity index (χ4n) is 3.71. The van der Waals surface area contributed by atoms with Crippen molar-refractivity contribution in [3.8, 4) is 5.75 Å². The van der Waals surface area contributed by atoms with Crippen molar-refractivity contribution >= 4 is 13.7 Å². The van der Waals surface area contributed by atoms with Crippen molar-refractivity contribution in [2.24, 2.45) is 5.41 Å². The predicted octanol–water partition coefficient (Wildman–Crippen LogP) is 1.95. The molecule has 5 atom stereocenters. The number of aliphatic hydroxyl groups is 1. The minimum atomic E-state index is -4.18. The smallest absolute Gasteiger partial charge is 0.459 e. The van der Waals surface area contributed by atoms with Gasteiger partial charge in [0.15, 0.2) is 0 Å². The average molecular weight is 525 g/mol. The Hall–Kier alpha value is -2.76. The first kappa shape index (κ1) is 27.8. The molecule has 2 heterocycles. The third-order valence-corrected chi connectivity index (χ3v) is 7.24. The molecular weight excluding hydrogens is 493 g/mol. The first-order valence-electron chi connectivity index (χ1n) is 11.4. The summed E-state index contributed by atoms with van der Waals surface area (Å²) in [5.41, 5.74) is -2.25. The molecule has 1 aliphatic rings. The van der Waals surface area contributed by atoms with Gasteiger partial charge in [-0.05, 0) is 32.9 Å². The van der Waals surface area contributed by atoms with Crippen LogP contribution in [0.15, 0.2) is 52.2 Å². The number of rotatable bonds is 10. The molecule has 3 N–H and O–H groups in total. The van der Waals surface area contributed by atoms with Gasteiger partial charge in [-0.25, -0.2) is 9.36 Å². The zero-order valence-corrected chi connectivity index (χ0v) is 21.6. The summed E-state index contributed by atoms with van der Waals surface area (Å²) in [7, 11) is -4.18. The number of ether oxygens (including phenoxy) is 2. The van der Waals surface area contributed by atoms with Gasteiger partial charge in [0.05, 0.1) is 18.8 Å². The minimum Gasteiger partial charge on any atom is -0.462 e. The Kier molecular flexibility index (Phi) is 8.58. The number of carbonyl (C=O) groups is 1.